The van der Waals surface area contributed by atoms with Gasteiger partial charge in [0.25, 0.3) is 0 Å². The molecule has 7 nitrogen and oxygen atoms in total. The van der Waals surface area contributed by atoms with Crippen LogP contribution in [0.15, 0.2) is 4.42 Å². The number of rotatable bonds is 5. The van der Waals surface area contributed by atoms with Gasteiger partial charge in [-0.1, -0.05) is 20.8 Å². The zero-order valence-electron chi connectivity index (χ0n) is 14.7. The van der Waals surface area contributed by atoms with Crippen LogP contribution in [0.25, 0.3) is 0 Å². The van der Waals surface area contributed by atoms with E-state index in [-0.39, 0.29) is 23.0 Å². The maximum atomic E-state index is 12.6. The molecule has 1 aromatic heterocycles. The van der Waals surface area contributed by atoms with E-state index in [4.69, 9.17) is 9.15 Å². The first-order valence-corrected chi connectivity index (χ1v) is 10.4. The fourth-order valence-corrected chi connectivity index (χ4v) is 5.37. The largest absolute Gasteiger partial charge is 0.425 e. The van der Waals surface area contributed by atoms with Crippen LogP contribution < -0.4 is 0 Å². The van der Waals surface area contributed by atoms with Crippen LogP contribution >= 0.6 is 0 Å². The van der Waals surface area contributed by atoms with Gasteiger partial charge < -0.3 is 9.15 Å². The molecule has 8 heteroatoms. The highest BCUT2D eigenvalue weighted by Crippen LogP contribution is 2.50. The third-order valence-electron chi connectivity index (χ3n) is 5.21. The summed E-state index contributed by atoms with van der Waals surface area (Å²) in [5.41, 5.74) is -0.153. The lowest BCUT2D eigenvalue weighted by molar-refractivity contribution is 0.0110. The van der Waals surface area contributed by atoms with E-state index in [1.807, 2.05) is 20.8 Å². The zero-order valence-corrected chi connectivity index (χ0v) is 15.5. The molecule has 0 saturated carbocycles. The van der Waals surface area contributed by atoms with E-state index in [1.54, 1.807) is 4.31 Å². The second-order valence-corrected chi connectivity index (χ2v) is 9.36. The number of aromatic nitrogens is 2. The maximum Gasteiger partial charge on any atom is 0.221 e. The van der Waals surface area contributed by atoms with Crippen molar-refractivity contribution < 1.29 is 17.6 Å². The average molecular weight is 357 g/mol. The molecule has 2 aliphatic rings. The van der Waals surface area contributed by atoms with Crippen molar-refractivity contribution in [3.63, 3.8) is 0 Å². The van der Waals surface area contributed by atoms with Gasteiger partial charge in [-0.15, -0.1) is 10.2 Å². The third kappa shape index (κ3) is 3.23. The molecule has 2 aliphatic heterocycles. The molecule has 1 atom stereocenters. The van der Waals surface area contributed by atoms with Crippen molar-refractivity contribution in [1.29, 1.82) is 0 Å². The molecule has 1 spiro atoms. The zero-order chi connectivity index (χ0) is 17.4. The minimum Gasteiger partial charge on any atom is -0.425 e. The van der Waals surface area contributed by atoms with Gasteiger partial charge in [-0.2, -0.15) is 0 Å². The van der Waals surface area contributed by atoms with Crippen LogP contribution in [0.4, 0.5) is 0 Å². The number of nitrogens with zero attached hydrogens (tertiary/aromatic N) is 3. The molecule has 0 radical (unpaired) electrons. The third-order valence-corrected chi connectivity index (χ3v) is 7.20. The van der Waals surface area contributed by atoms with E-state index in [2.05, 4.69) is 10.2 Å². The van der Waals surface area contributed by atoms with Crippen molar-refractivity contribution in [2.75, 3.05) is 32.1 Å². The molecule has 3 heterocycles. The number of sulfonamides is 1. The Balaban J connectivity index is 1.92. The van der Waals surface area contributed by atoms with Gasteiger partial charge in [0, 0.05) is 37.6 Å². The fraction of sp³-hybridized carbons (Fsp3) is 0.875. The van der Waals surface area contributed by atoms with Gasteiger partial charge in [0.05, 0.1) is 11.7 Å². The minimum atomic E-state index is -3.23. The Hall–Kier alpha value is -0.990. The van der Waals surface area contributed by atoms with Crippen molar-refractivity contribution in [3.05, 3.63) is 11.8 Å². The van der Waals surface area contributed by atoms with Crippen LogP contribution in [0.1, 0.15) is 63.7 Å². The molecule has 3 rings (SSSR count). The Bertz CT molecular complexity index is 665. The van der Waals surface area contributed by atoms with Gasteiger partial charge in [-0.25, -0.2) is 12.7 Å². The number of hydrogen-bond donors (Lipinski definition) is 0. The molecule has 0 bridgehead atoms. The Morgan fingerprint density at radius 2 is 2.00 bits per heavy atom. The lowest BCUT2D eigenvalue weighted by atomic mass is 9.72. The van der Waals surface area contributed by atoms with Crippen LogP contribution in [-0.4, -0.2) is 55.0 Å². The van der Waals surface area contributed by atoms with Crippen molar-refractivity contribution in [3.8, 4) is 0 Å². The van der Waals surface area contributed by atoms with E-state index < -0.39 is 10.0 Å². The molecule has 2 saturated heterocycles. The lowest BCUT2D eigenvalue weighted by Gasteiger charge is -2.36. The SMILES string of the molecule is CCCS(=O)(=O)N1CC(c2nnc(C(C)C)o2)C2(CCOCC2)C1. The van der Waals surface area contributed by atoms with Gasteiger partial charge in [0.2, 0.25) is 21.8 Å². The molecule has 1 aromatic rings. The molecule has 0 amide bonds. The van der Waals surface area contributed by atoms with Crippen LogP contribution in [-0.2, 0) is 14.8 Å². The summed E-state index contributed by atoms with van der Waals surface area (Å²) in [5, 5.41) is 8.40. The second-order valence-electron chi connectivity index (χ2n) is 7.27. The van der Waals surface area contributed by atoms with E-state index in [0.717, 1.165) is 12.8 Å². The summed E-state index contributed by atoms with van der Waals surface area (Å²) >= 11 is 0. The second kappa shape index (κ2) is 6.72. The monoisotopic (exact) mass is 357 g/mol. The average Bonchev–Trinajstić information content (AvgIpc) is 3.13. The minimum absolute atomic E-state index is 0.0481. The molecular formula is C16H27N3O4S. The number of hydrogen-bond acceptors (Lipinski definition) is 6. The summed E-state index contributed by atoms with van der Waals surface area (Å²) < 4.78 is 38.2. The van der Waals surface area contributed by atoms with Crippen LogP contribution in [0.5, 0.6) is 0 Å². The fourth-order valence-electron chi connectivity index (χ4n) is 3.77. The molecule has 0 aromatic carbocycles. The Labute approximate surface area is 143 Å². The first-order chi connectivity index (χ1) is 11.4. The Morgan fingerprint density at radius 1 is 1.29 bits per heavy atom. The summed E-state index contributed by atoms with van der Waals surface area (Å²) in [6, 6.07) is 0. The maximum absolute atomic E-state index is 12.6. The summed E-state index contributed by atoms with van der Waals surface area (Å²) in [6.07, 6.45) is 2.28. The van der Waals surface area contributed by atoms with Crippen molar-refractivity contribution >= 4 is 10.0 Å². The standard InChI is InChI=1S/C16H27N3O4S/c1-4-9-24(20,21)19-10-13(15-18-17-14(23-15)12(2)3)16(11-19)5-7-22-8-6-16/h12-13H,4-11H2,1-3H3. The number of ether oxygens (including phenoxy) is 1. The van der Waals surface area contributed by atoms with Gasteiger partial charge in [-0.3, -0.25) is 0 Å². The van der Waals surface area contributed by atoms with Gasteiger partial charge >= 0.3 is 0 Å². The van der Waals surface area contributed by atoms with Crippen molar-refractivity contribution in [2.45, 2.75) is 51.9 Å². The lowest BCUT2D eigenvalue weighted by Crippen LogP contribution is -2.37. The van der Waals surface area contributed by atoms with E-state index in [0.29, 0.717) is 44.5 Å². The molecule has 136 valence electrons. The van der Waals surface area contributed by atoms with Crippen molar-refractivity contribution in [1.82, 2.24) is 14.5 Å². The summed E-state index contributed by atoms with van der Waals surface area (Å²) in [5.74, 6) is 1.50. The van der Waals surface area contributed by atoms with Crippen LogP contribution in [0.2, 0.25) is 0 Å². The van der Waals surface area contributed by atoms with E-state index in [9.17, 15) is 8.42 Å². The normalized spacial score (nSPS) is 24.9. The molecule has 0 N–H and O–H groups in total. The summed E-state index contributed by atoms with van der Waals surface area (Å²) in [4.78, 5) is 0. The summed E-state index contributed by atoms with van der Waals surface area (Å²) in [6.45, 7) is 8.18. The molecule has 0 aliphatic carbocycles. The predicted molar refractivity (Wildman–Crippen MR) is 89.3 cm³/mol. The van der Waals surface area contributed by atoms with Gasteiger partial charge in [-0.05, 0) is 19.3 Å². The predicted octanol–water partition coefficient (Wildman–Crippen LogP) is 2.13. The smallest absolute Gasteiger partial charge is 0.221 e. The van der Waals surface area contributed by atoms with Crippen LogP contribution in [0.3, 0.4) is 0 Å². The quantitative estimate of drug-likeness (QED) is 0.802. The molecule has 1 unspecified atom stereocenters. The van der Waals surface area contributed by atoms with Gasteiger partial charge in [0.15, 0.2) is 0 Å². The molecule has 24 heavy (non-hydrogen) atoms. The first kappa shape index (κ1) is 17.8. The van der Waals surface area contributed by atoms with Crippen molar-refractivity contribution in [2.24, 2.45) is 5.41 Å². The summed E-state index contributed by atoms with van der Waals surface area (Å²) in [7, 11) is -3.23. The van der Waals surface area contributed by atoms with Gasteiger partial charge in [0.1, 0.15) is 0 Å². The molecular weight excluding hydrogens is 330 g/mol. The first-order valence-electron chi connectivity index (χ1n) is 8.77. The van der Waals surface area contributed by atoms with E-state index in [1.165, 1.54) is 0 Å². The van der Waals surface area contributed by atoms with E-state index >= 15 is 0 Å². The van der Waals surface area contributed by atoms with Crippen LogP contribution in [0, 0.1) is 5.41 Å². The highest BCUT2D eigenvalue weighted by atomic mass is 32.2. The highest BCUT2D eigenvalue weighted by Gasteiger charge is 2.52. The Kier molecular flexibility index (Phi) is 4.99. The topological polar surface area (TPSA) is 85.5 Å². The highest BCUT2D eigenvalue weighted by molar-refractivity contribution is 7.89. The Morgan fingerprint density at radius 3 is 2.58 bits per heavy atom. The molecule has 2 fully saturated rings.